The van der Waals surface area contributed by atoms with Gasteiger partial charge >= 0.3 is 7.12 Å². The largest absolute Gasteiger partial charge is 0.524 e. The number of likely N-dealkylation sites (tertiary alicyclic amines) is 1. The van der Waals surface area contributed by atoms with E-state index in [2.05, 4.69) is 18.7 Å². The highest BCUT2D eigenvalue weighted by Gasteiger charge is 2.53. The van der Waals surface area contributed by atoms with Gasteiger partial charge in [0, 0.05) is 5.54 Å². The Hall–Kier alpha value is -0.385. The van der Waals surface area contributed by atoms with Crippen molar-refractivity contribution in [2.45, 2.75) is 84.0 Å². The van der Waals surface area contributed by atoms with E-state index < -0.39 is 18.3 Å². The molecule has 2 saturated heterocycles. The summed E-state index contributed by atoms with van der Waals surface area (Å²) in [5.41, 5.74) is -1.64. The lowest BCUT2D eigenvalue weighted by molar-refractivity contribution is 0.00578. The number of halogens is 1. The second-order valence-corrected chi connectivity index (χ2v) is 8.17. The van der Waals surface area contributed by atoms with E-state index in [4.69, 9.17) is 9.31 Å². The normalized spacial score (nSPS) is 27.0. The van der Waals surface area contributed by atoms with Gasteiger partial charge in [-0.25, -0.2) is 4.39 Å². The van der Waals surface area contributed by atoms with Crippen LogP contribution >= 0.6 is 0 Å². The van der Waals surface area contributed by atoms with Crippen molar-refractivity contribution in [3.63, 3.8) is 0 Å². The van der Waals surface area contributed by atoms with Gasteiger partial charge in [0.25, 0.3) is 0 Å². The third-order valence-corrected chi connectivity index (χ3v) is 5.39. The Labute approximate surface area is 135 Å². The fourth-order valence-electron chi connectivity index (χ4n) is 3.10. The Morgan fingerprint density at radius 1 is 1.00 bits per heavy atom. The summed E-state index contributed by atoms with van der Waals surface area (Å²) in [5, 5.41) is 0. The van der Waals surface area contributed by atoms with Crippen molar-refractivity contribution in [3.8, 4) is 0 Å². The molecule has 0 aromatic heterocycles. The van der Waals surface area contributed by atoms with Crippen LogP contribution in [0.15, 0.2) is 11.8 Å². The van der Waals surface area contributed by atoms with Crippen molar-refractivity contribution in [3.05, 3.63) is 11.8 Å². The number of rotatable bonds is 3. The van der Waals surface area contributed by atoms with Gasteiger partial charge in [0.15, 0.2) is 0 Å². The first-order valence-electron chi connectivity index (χ1n) is 8.54. The van der Waals surface area contributed by atoms with Crippen LogP contribution in [-0.4, -0.2) is 41.8 Å². The zero-order chi connectivity index (χ0) is 16.6. The summed E-state index contributed by atoms with van der Waals surface area (Å²) in [6.45, 7) is 14.0. The number of hydrogen-bond acceptors (Lipinski definition) is 3. The lowest BCUT2D eigenvalue weighted by Gasteiger charge is -2.35. The molecule has 2 fully saturated rings. The van der Waals surface area contributed by atoms with E-state index in [9.17, 15) is 4.39 Å². The minimum Gasteiger partial charge on any atom is -0.398 e. The molecule has 0 aromatic rings. The molecule has 2 aliphatic heterocycles. The SMILES string of the molecule is CC(C)(C=C(F)B1OC(C)(C)C(C)(C)O1)N1CCCCCC1. The van der Waals surface area contributed by atoms with Crippen molar-refractivity contribution >= 4 is 7.12 Å². The minimum absolute atomic E-state index is 0.312. The molecule has 2 rings (SSSR count). The van der Waals surface area contributed by atoms with Crippen LogP contribution in [0.1, 0.15) is 67.2 Å². The summed E-state index contributed by atoms with van der Waals surface area (Å²) in [6, 6.07) is 0. The third-order valence-electron chi connectivity index (χ3n) is 5.39. The first-order chi connectivity index (χ1) is 10.1. The van der Waals surface area contributed by atoms with Crippen LogP contribution in [0.5, 0.6) is 0 Å². The maximum Gasteiger partial charge on any atom is 0.524 e. The molecule has 0 spiro atoms. The summed E-state index contributed by atoms with van der Waals surface area (Å²) < 4.78 is 26.3. The first-order valence-corrected chi connectivity index (χ1v) is 8.54. The van der Waals surface area contributed by atoms with Gasteiger partial charge in [-0.05, 0) is 73.5 Å². The number of hydrogen-bond donors (Lipinski definition) is 0. The summed E-state index contributed by atoms with van der Waals surface area (Å²) in [6.07, 6.45) is 6.61. The lowest BCUT2D eigenvalue weighted by Crippen LogP contribution is -2.43. The van der Waals surface area contributed by atoms with Gasteiger partial charge in [-0.2, -0.15) is 0 Å². The van der Waals surface area contributed by atoms with Crippen LogP contribution in [0, 0.1) is 0 Å². The summed E-state index contributed by atoms with van der Waals surface area (Å²) in [5.74, 6) is 0. The molecule has 0 bridgehead atoms. The van der Waals surface area contributed by atoms with E-state index in [0.29, 0.717) is 0 Å². The van der Waals surface area contributed by atoms with Crippen LogP contribution in [0.3, 0.4) is 0 Å². The zero-order valence-electron chi connectivity index (χ0n) is 15.0. The molecule has 0 aliphatic carbocycles. The van der Waals surface area contributed by atoms with Crippen molar-refractivity contribution in [2.75, 3.05) is 13.1 Å². The molecule has 2 aliphatic rings. The molecular formula is C17H31BFNO2. The average molecular weight is 311 g/mol. The van der Waals surface area contributed by atoms with Gasteiger partial charge in [0.05, 0.1) is 11.2 Å². The summed E-state index contributed by atoms with van der Waals surface area (Å²) in [4.78, 5) is 2.37. The van der Waals surface area contributed by atoms with E-state index in [1.54, 1.807) is 6.08 Å². The van der Waals surface area contributed by atoms with E-state index in [1.807, 2.05) is 27.7 Å². The highest BCUT2D eigenvalue weighted by Crippen LogP contribution is 2.39. The van der Waals surface area contributed by atoms with Gasteiger partial charge in [-0.15, -0.1) is 0 Å². The van der Waals surface area contributed by atoms with Gasteiger partial charge in [0.2, 0.25) is 0 Å². The zero-order valence-corrected chi connectivity index (χ0v) is 15.0. The first kappa shape index (κ1) is 18.0. The Kier molecular flexibility index (Phi) is 5.11. The molecule has 126 valence electrons. The molecule has 3 nitrogen and oxygen atoms in total. The van der Waals surface area contributed by atoms with Crippen molar-refractivity contribution in [2.24, 2.45) is 0 Å². The summed E-state index contributed by atoms with van der Waals surface area (Å²) >= 11 is 0. The van der Waals surface area contributed by atoms with E-state index in [-0.39, 0.29) is 11.3 Å². The Morgan fingerprint density at radius 3 is 1.91 bits per heavy atom. The van der Waals surface area contributed by atoms with Crippen molar-refractivity contribution in [1.82, 2.24) is 4.90 Å². The molecule has 0 N–H and O–H groups in total. The van der Waals surface area contributed by atoms with Gasteiger partial charge in [0.1, 0.15) is 5.73 Å². The van der Waals surface area contributed by atoms with Crippen LogP contribution in [0.4, 0.5) is 4.39 Å². The highest BCUT2D eigenvalue weighted by molar-refractivity contribution is 6.53. The fourth-order valence-corrected chi connectivity index (χ4v) is 3.10. The molecule has 22 heavy (non-hydrogen) atoms. The van der Waals surface area contributed by atoms with Gasteiger partial charge < -0.3 is 9.31 Å². The maximum atomic E-state index is 14.7. The molecular weight excluding hydrogens is 280 g/mol. The average Bonchev–Trinajstić information content (AvgIpc) is 2.60. The van der Waals surface area contributed by atoms with Crippen molar-refractivity contribution in [1.29, 1.82) is 0 Å². The minimum atomic E-state index is -0.892. The lowest BCUT2D eigenvalue weighted by atomic mass is 9.84. The molecule has 2 heterocycles. The Morgan fingerprint density at radius 2 is 1.45 bits per heavy atom. The van der Waals surface area contributed by atoms with E-state index in [0.717, 1.165) is 13.1 Å². The highest BCUT2D eigenvalue weighted by atomic mass is 19.1. The Balaban J connectivity index is 2.10. The van der Waals surface area contributed by atoms with Crippen LogP contribution in [-0.2, 0) is 9.31 Å². The predicted molar refractivity (Wildman–Crippen MR) is 89.4 cm³/mol. The third kappa shape index (κ3) is 3.74. The summed E-state index contributed by atoms with van der Waals surface area (Å²) in [7, 11) is -0.892. The second-order valence-electron chi connectivity index (χ2n) is 8.17. The quantitative estimate of drug-likeness (QED) is 0.732. The molecule has 0 saturated carbocycles. The van der Waals surface area contributed by atoms with Crippen LogP contribution < -0.4 is 0 Å². The topological polar surface area (TPSA) is 21.7 Å². The molecule has 5 heteroatoms. The van der Waals surface area contributed by atoms with Gasteiger partial charge in [-0.1, -0.05) is 12.8 Å². The monoisotopic (exact) mass is 311 g/mol. The maximum absolute atomic E-state index is 14.7. The van der Waals surface area contributed by atoms with Gasteiger partial charge in [-0.3, -0.25) is 4.90 Å². The molecule has 0 atom stereocenters. The second kappa shape index (κ2) is 6.25. The molecule has 0 aromatic carbocycles. The number of nitrogens with zero attached hydrogens (tertiary/aromatic N) is 1. The van der Waals surface area contributed by atoms with E-state index in [1.165, 1.54) is 25.7 Å². The molecule has 0 radical (unpaired) electrons. The van der Waals surface area contributed by atoms with Crippen LogP contribution in [0.2, 0.25) is 0 Å². The Bertz CT molecular complexity index is 410. The van der Waals surface area contributed by atoms with Crippen molar-refractivity contribution < 1.29 is 13.7 Å². The predicted octanol–water partition coefficient (Wildman–Crippen LogP) is 4.13. The van der Waals surface area contributed by atoms with E-state index >= 15 is 0 Å². The standard InChI is InChI=1S/C17H31BFNO2/c1-15(2,20-11-9-7-8-10-12-20)13-14(19)18-21-16(3,4)17(5,6)22-18/h13H,7-12H2,1-6H3. The molecule has 0 amide bonds. The van der Waals surface area contributed by atoms with Crippen LogP contribution in [0.25, 0.3) is 0 Å². The molecule has 0 unspecified atom stereocenters. The fraction of sp³-hybridized carbons (Fsp3) is 0.882. The smallest absolute Gasteiger partial charge is 0.398 e.